The Kier molecular flexibility index (Phi) is 3.62. The van der Waals surface area contributed by atoms with Crippen LogP contribution in [0.2, 0.25) is 0 Å². The van der Waals surface area contributed by atoms with Crippen LogP contribution in [-0.2, 0) is 4.84 Å². The van der Waals surface area contributed by atoms with Crippen molar-refractivity contribution in [1.82, 2.24) is 5.48 Å². The maximum Gasteiger partial charge on any atom is 0.0790 e. The zero-order valence-corrected chi connectivity index (χ0v) is 8.43. The lowest BCUT2D eigenvalue weighted by atomic mass is 10.1. The van der Waals surface area contributed by atoms with Gasteiger partial charge in [0.2, 0.25) is 0 Å². The van der Waals surface area contributed by atoms with E-state index in [1.807, 2.05) is 0 Å². The van der Waals surface area contributed by atoms with Crippen LogP contribution >= 0.6 is 0 Å². The molecule has 0 aromatic carbocycles. The van der Waals surface area contributed by atoms with Crippen LogP contribution in [0.25, 0.3) is 0 Å². The number of rotatable bonds is 4. The number of nitrogens with one attached hydrogen (secondary N) is 1. The van der Waals surface area contributed by atoms with Gasteiger partial charge in [0.1, 0.15) is 0 Å². The molecular weight excluding hydrogens is 162 g/mol. The second kappa shape index (κ2) is 4.97. The summed E-state index contributed by atoms with van der Waals surface area (Å²) in [5.41, 5.74) is 3.17. The smallest absolute Gasteiger partial charge is 0.0790 e. The highest BCUT2D eigenvalue weighted by Crippen LogP contribution is 2.24. The molecule has 0 heterocycles. The van der Waals surface area contributed by atoms with Crippen molar-refractivity contribution in [2.75, 3.05) is 6.54 Å². The van der Waals surface area contributed by atoms with Crippen molar-refractivity contribution >= 4 is 0 Å². The van der Waals surface area contributed by atoms with Gasteiger partial charge in [0.05, 0.1) is 6.10 Å². The Morgan fingerprint density at radius 2 is 1.54 bits per heavy atom. The molecule has 0 aliphatic heterocycles. The van der Waals surface area contributed by atoms with Crippen LogP contribution in [-0.4, -0.2) is 12.6 Å². The van der Waals surface area contributed by atoms with Gasteiger partial charge < -0.3 is 0 Å². The van der Waals surface area contributed by atoms with E-state index in [4.69, 9.17) is 4.84 Å². The maximum atomic E-state index is 5.61. The van der Waals surface area contributed by atoms with Crippen molar-refractivity contribution in [3.8, 4) is 0 Å². The van der Waals surface area contributed by atoms with Gasteiger partial charge in [-0.15, -0.1) is 0 Å². The topological polar surface area (TPSA) is 21.3 Å². The average Bonchev–Trinajstić information content (AvgIpc) is 2.75. The predicted molar refractivity (Wildman–Crippen MR) is 53.3 cm³/mol. The SMILES string of the molecule is C1CCC(CNOC2CCCC2)C1. The van der Waals surface area contributed by atoms with E-state index in [-0.39, 0.29) is 0 Å². The molecule has 0 bridgehead atoms. The van der Waals surface area contributed by atoms with Gasteiger partial charge in [-0.1, -0.05) is 25.7 Å². The van der Waals surface area contributed by atoms with Gasteiger partial charge in [-0.2, -0.15) is 0 Å². The minimum absolute atomic E-state index is 0.515. The van der Waals surface area contributed by atoms with E-state index in [1.54, 1.807) is 0 Å². The molecule has 2 nitrogen and oxygen atoms in total. The lowest BCUT2D eigenvalue weighted by molar-refractivity contribution is -0.0263. The van der Waals surface area contributed by atoms with Gasteiger partial charge in [0.25, 0.3) is 0 Å². The molecule has 0 aromatic rings. The quantitative estimate of drug-likeness (QED) is 0.676. The minimum Gasteiger partial charge on any atom is -0.299 e. The Bertz CT molecular complexity index is 121. The molecule has 2 heteroatoms. The van der Waals surface area contributed by atoms with Crippen LogP contribution in [0, 0.1) is 5.92 Å². The normalized spacial score (nSPS) is 25.8. The van der Waals surface area contributed by atoms with Gasteiger partial charge in [0.15, 0.2) is 0 Å². The number of hydrogen-bond acceptors (Lipinski definition) is 2. The molecule has 2 aliphatic rings. The Balaban J connectivity index is 1.52. The maximum absolute atomic E-state index is 5.61. The molecule has 2 fully saturated rings. The van der Waals surface area contributed by atoms with Gasteiger partial charge in [-0.3, -0.25) is 4.84 Å². The lowest BCUT2D eigenvalue weighted by Gasteiger charge is -2.14. The van der Waals surface area contributed by atoms with Crippen molar-refractivity contribution in [2.45, 2.75) is 57.5 Å². The van der Waals surface area contributed by atoms with E-state index in [0.29, 0.717) is 6.10 Å². The summed E-state index contributed by atoms with van der Waals surface area (Å²) in [6, 6.07) is 0. The van der Waals surface area contributed by atoms with E-state index in [1.165, 1.54) is 51.4 Å². The molecule has 1 N–H and O–H groups in total. The summed E-state index contributed by atoms with van der Waals surface area (Å²) in [5, 5.41) is 0. The van der Waals surface area contributed by atoms with E-state index in [0.717, 1.165) is 12.5 Å². The highest BCUT2D eigenvalue weighted by atomic mass is 16.7. The van der Waals surface area contributed by atoms with E-state index in [2.05, 4.69) is 5.48 Å². The molecule has 0 spiro atoms. The first kappa shape index (κ1) is 9.47. The Morgan fingerprint density at radius 1 is 0.923 bits per heavy atom. The van der Waals surface area contributed by atoms with Gasteiger partial charge in [-0.25, -0.2) is 5.48 Å². The fourth-order valence-corrected chi connectivity index (χ4v) is 2.50. The third kappa shape index (κ3) is 2.96. The second-order valence-electron chi connectivity index (χ2n) is 4.52. The number of hydroxylamine groups is 1. The van der Waals surface area contributed by atoms with E-state index in [9.17, 15) is 0 Å². The summed E-state index contributed by atoms with van der Waals surface area (Å²) in [6.07, 6.45) is 11.4. The number of hydrogen-bond donors (Lipinski definition) is 1. The molecule has 13 heavy (non-hydrogen) atoms. The summed E-state index contributed by atoms with van der Waals surface area (Å²) in [7, 11) is 0. The highest BCUT2D eigenvalue weighted by molar-refractivity contribution is 4.69. The molecule has 0 saturated heterocycles. The molecule has 0 radical (unpaired) electrons. The summed E-state index contributed by atoms with van der Waals surface area (Å²) in [6.45, 7) is 1.08. The lowest BCUT2D eigenvalue weighted by Crippen LogP contribution is -2.26. The van der Waals surface area contributed by atoms with Crippen molar-refractivity contribution < 1.29 is 4.84 Å². The molecule has 76 valence electrons. The highest BCUT2D eigenvalue weighted by Gasteiger charge is 2.18. The summed E-state index contributed by atoms with van der Waals surface area (Å²) >= 11 is 0. The largest absolute Gasteiger partial charge is 0.299 e. The average molecular weight is 183 g/mol. The van der Waals surface area contributed by atoms with Gasteiger partial charge in [-0.05, 0) is 31.6 Å². The Morgan fingerprint density at radius 3 is 2.23 bits per heavy atom. The van der Waals surface area contributed by atoms with Crippen molar-refractivity contribution in [3.63, 3.8) is 0 Å². The Labute approximate surface area is 81.0 Å². The summed E-state index contributed by atoms with van der Waals surface area (Å²) < 4.78 is 0. The van der Waals surface area contributed by atoms with Crippen molar-refractivity contribution in [3.05, 3.63) is 0 Å². The molecule has 0 aromatic heterocycles. The summed E-state index contributed by atoms with van der Waals surface area (Å²) in [5.74, 6) is 0.890. The molecular formula is C11H21NO. The van der Waals surface area contributed by atoms with Crippen LogP contribution in [0.5, 0.6) is 0 Å². The van der Waals surface area contributed by atoms with Crippen LogP contribution in [0.3, 0.4) is 0 Å². The zero-order valence-electron chi connectivity index (χ0n) is 8.43. The molecule has 2 rings (SSSR count). The molecule has 2 aliphatic carbocycles. The first-order valence-electron chi connectivity index (χ1n) is 5.83. The second-order valence-corrected chi connectivity index (χ2v) is 4.52. The minimum atomic E-state index is 0.515. The van der Waals surface area contributed by atoms with Crippen molar-refractivity contribution in [2.24, 2.45) is 5.92 Å². The van der Waals surface area contributed by atoms with E-state index >= 15 is 0 Å². The van der Waals surface area contributed by atoms with Crippen LogP contribution < -0.4 is 5.48 Å². The van der Waals surface area contributed by atoms with Crippen molar-refractivity contribution in [1.29, 1.82) is 0 Å². The first-order valence-corrected chi connectivity index (χ1v) is 5.83. The first-order chi connectivity index (χ1) is 6.45. The molecule has 0 unspecified atom stereocenters. The summed E-state index contributed by atoms with van der Waals surface area (Å²) in [4.78, 5) is 5.61. The van der Waals surface area contributed by atoms with E-state index < -0.39 is 0 Å². The van der Waals surface area contributed by atoms with Gasteiger partial charge >= 0.3 is 0 Å². The Hall–Kier alpha value is -0.0800. The molecule has 0 amide bonds. The van der Waals surface area contributed by atoms with Crippen LogP contribution in [0.15, 0.2) is 0 Å². The fraction of sp³-hybridized carbons (Fsp3) is 1.00. The standard InChI is InChI=1S/C11H21NO/c1-2-6-10(5-1)9-12-13-11-7-3-4-8-11/h10-12H,1-9H2. The fourth-order valence-electron chi connectivity index (χ4n) is 2.50. The van der Waals surface area contributed by atoms with Gasteiger partial charge in [0, 0.05) is 6.54 Å². The third-order valence-corrected chi connectivity index (χ3v) is 3.40. The monoisotopic (exact) mass is 183 g/mol. The van der Waals surface area contributed by atoms with Crippen LogP contribution in [0.4, 0.5) is 0 Å². The zero-order chi connectivity index (χ0) is 8.93. The molecule has 0 atom stereocenters. The molecule has 2 saturated carbocycles. The predicted octanol–water partition coefficient (Wildman–Crippen LogP) is 2.64. The third-order valence-electron chi connectivity index (χ3n) is 3.40. The van der Waals surface area contributed by atoms with Crippen LogP contribution in [0.1, 0.15) is 51.4 Å².